The first kappa shape index (κ1) is 14.5. The van der Waals surface area contributed by atoms with Crippen LogP contribution in [0.1, 0.15) is 24.1 Å². The van der Waals surface area contributed by atoms with Gasteiger partial charge in [-0.1, -0.05) is 18.2 Å². The molecule has 0 spiro atoms. The van der Waals surface area contributed by atoms with Crippen LogP contribution in [0.25, 0.3) is 0 Å². The van der Waals surface area contributed by atoms with Gasteiger partial charge >= 0.3 is 0 Å². The van der Waals surface area contributed by atoms with E-state index in [1.807, 2.05) is 35.8 Å². The summed E-state index contributed by atoms with van der Waals surface area (Å²) in [5, 5.41) is 9.33. The van der Waals surface area contributed by atoms with Gasteiger partial charge in [-0.25, -0.2) is 0 Å². The average Bonchev–Trinajstić information content (AvgIpc) is 3.12. The van der Waals surface area contributed by atoms with Crippen LogP contribution in [0.2, 0.25) is 0 Å². The van der Waals surface area contributed by atoms with E-state index in [9.17, 15) is 5.26 Å². The van der Waals surface area contributed by atoms with Crippen LogP contribution in [0, 0.1) is 18.3 Å². The Hall–Kier alpha value is -2.45. The number of nitrogen functional groups attached to an aromatic ring is 1. The third-order valence-corrected chi connectivity index (χ3v) is 3.90. The normalized spacial score (nSPS) is 17.4. The second-order valence-corrected chi connectivity index (χ2v) is 5.52. The van der Waals surface area contributed by atoms with Crippen LogP contribution in [0.4, 0.5) is 5.69 Å². The molecular formula is C17H19N3O2. The zero-order valence-electron chi connectivity index (χ0n) is 12.6. The summed E-state index contributed by atoms with van der Waals surface area (Å²) >= 11 is 0. The topological polar surface area (TPSA) is 73.2 Å². The van der Waals surface area contributed by atoms with Crippen molar-refractivity contribution in [2.45, 2.75) is 32.4 Å². The molecule has 3 rings (SSSR count). The lowest BCUT2D eigenvalue weighted by Gasteiger charge is -2.16. The van der Waals surface area contributed by atoms with E-state index in [0.29, 0.717) is 23.8 Å². The van der Waals surface area contributed by atoms with E-state index >= 15 is 0 Å². The van der Waals surface area contributed by atoms with E-state index in [-0.39, 0.29) is 6.10 Å². The molecule has 1 saturated heterocycles. The lowest BCUT2D eigenvalue weighted by molar-refractivity contribution is 0.0952. The minimum absolute atomic E-state index is 0.109. The highest BCUT2D eigenvalue weighted by Gasteiger charge is 2.22. The molecule has 1 fully saturated rings. The van der Waals surface area contributed by atoms with E-state index in [1.165, 1.54) is 0 Å². The summed E-state index contributed by atoms with van der Waals surface area (Å²) in [6.45, 7) is 3.34. The quantitative estimate of drug-likeness (QED) is 0.940. The summed E-state index contributed by atoms with van der Waals surface area (Å²) in [6.07, 6.45) is 2.16. The molecule has 0 radical (unpaired) electrons. The summed E-state index contributed by atoms with van der Waals surface area (Å²) in [6, 6.07) is 11.6. The Labute approximate surface area is 129 Å². The monoisotopic (exact) mass is 297 g/mol. The van der Waals surface area contributed by atoms with Crippen molar-refractivity contribution in [2.75, 3.05) is 12.3 Å². The van der Waals surface area contributed by atoms with Gasteiger partial charge in [-0.2, -0.15) is 5.26 Å². The molecule has 5 nitrogen and oxygen atoms in total. The second-order valence-electron chi connectivity index (χ2n) is 5.52. The number of nitriles is 1. The summed E-state index contributed by atoms with van der Waals surface area (Å²) in [5.41, 5.74) is 8.04. The highest BCUT2D eigenvalue weighted by Crippen LogP contribution is 2.33. The first-order valence-electron chi connectivity index (χ1n) is 7.43. The number of rotatable bonds is 4. The number of hydrogen-bond acceptors (Lipinski definition) is 4. The van der Waals surface area contributed by atoms with Crippen molar-refractivity contribution in [2.24, 2.45) is 0 Å². The molecular weight excluding hydrogens is 278 g/mol. The SMILES string of the molecule is Cc1ccccc1Oc1c(N)cc(C#N)n1CC1CCCO1. The summed E-state index contributed by atoms with van der Waals surface area (Å²) in [5.74, 6) is 1.26. The van der Waals surface area contributed by atoms with Crippen molar-refractivity contribution in [1.29, 1.82) is 5.26 Å². The van der Waals surface area contributed by atoms with Crippen molar-refractivity contribution in [3.63, 3.8) is 0 Å². The Morgan fingerprint density at radius 3 is 2.95 bits per heavy atom. The maximum Gasteiger partial charge on any atom is 0.224 e. The predicted octanol–water partition coefficient (Wildman–Crippen LogP) is 3.22. The van der Waals surface area contributed by atoms with Gasteiger partial charge in [-0.05, 0) is 31.4 Å². The zero-order chi connectivity index (χ0) is 15.5. The molecule has 114 valence electrons. The number of benzene rings is 1. The number of hydrogen-bond donors (Lipinski definition) is 1. The lowest BCUT2D eigenvalue weighted by Crippen LogP contribution is -2.16. The van der Waals surface area contributed by atoms with Gasteiger partial charge in [0.25, 0.3) is 0 Å². The Morgan fingerprint density at radius 2 is 2.27 bits per heavy atom. The van der Waals surface area contributed by atoms with E-state index in [1.54, 1.807) is 6.07 Å². The fraction of sp³-hybridized carbons (Fsp3) is 0.353. The number of ether oxygens (including phenoxy) is 2. The third-order valence-electron chi connectivity index (χ3n) is 3.90. The first-order chi connectivity index (χ1) is 10.7. The molecule has 1 aromatic heterocycles. The number of anilines is 1. The highest BCUT2D eigenvalue weighted by atomic mass is 16.5. The summed E-state index contributed by atoms with van der Waals surface area (Å²) in [4.78, 5) is 0. The molecule has 1 unspecified atom stereocenters. The maximum atomic E-state index is 9.33. The van der Waals surface area contributed by atoms with Crippen molar-refractivity contribution in [1.82, 2.24) is 4.57 Å². The largest absolute Gasteiger partial charge is 0.438 e. The van der Waals surface area contributed by atoms with Gasteiger partial charge in [0.1, 0.15) is 17.5 Å². The van der Waals surface area contributed by atoms with Gasteiger partial charge < -0.3 is 15.2 Å². The zero-order valence-corrected chi connectivity index (χ0v) is 12.6. The van der Waals surface area contributed by atoms with E-state index in [0.717, 1.165) is 30.8 Å². The fourth-order valence-corrected chi connectivity index (χ4v) is 2.71. The minimum Gasteiger partial charge on any atom is -0.438 e. The van der Waals surface area contributed by atoms with Crippen LogP contribution in [-0.2, 0) is 11.3 Å². The molecule has 0 amide bonds. The summed E-state index contributed by atoms with van der Waals surface area (Å²) in [7, 11) is 0. The maximum absolute atomic E-state index is 9.33. The smallest absolute Gasteiger partial charge is 0.224 e. The first-order valence-corrected chi connectivity index (χ1v) is 7.43. The number of nitrogens with two attached hydrogens (primary N) is 1. The molecule has 22 heavy (non-hydrogen) atoms. The molecule has 1 aromatic carbocycles. The lowest BCUT2D eigenvalue weighted by atomic mass is 10.2. The Morgan fingerprint density at radius 1 is 1.45 bits per heavy atom. The number of para-hydroxylation sites is 1. The molecule has 2 aromatic rings. The fourth-order valence-electron chi connectivity index (χ4n) is 2.71. The molecule has 1 aliphatic heterocycles. The minimum atomic E-state index is 0.109. The Balaban J connectivity index is 1.94. The van der Waals surface area contributed by atoms with Crippen LogP contribution in [-0.4, -0.2) is 17.3 Å². The molecule has 0 saturated carbocycles. The van der Waals surface area contributed by atoms with E-state index < -0.39 is 0 Å². The van der Waals surface area contributed by atoms with E-state index in [2.05, 4.69) is 6.07 Å². The number of aryl methyl sites for hydroxylation is 1. The average molecular weight is 297 g/mol. The van der Waals surface area contributed by atoms with Gasteiger partial charge in [0.2, 0.25) is 5.88 Å². The predicted molar refractivity (Wildman–Crippen MR) is 83.8 cm³/mol. The van der Waals surface area contributed by atoms with Crippen LogP contribution in [0.5, 0.6) is 11.6 Å². The number of nitrogens with zero attached hydrogens (tertiary/aromatic N) is 2. The molecule has 2 N–H and O–H groups in total. The van der Waals surface area contributed by atoms with E-state index in [4.69, 9.17) is 15.2 Å². The van der Waals surface area contributed by atoms with Crippen molar-refractivity contribution in [3.8, 4) is 17.7 Å². The van der Waals surface area contributed by atoms with Crippen LogP contribution in [0.3, 0.4) is 0 Å². The van der Waals surface area contributed by atoms with Crippen LogP contribution >= 0.6 is 0 Å². The Kier molecular flexibility index (Phi) is 4.03. The van der Waals surface area contributed by atoms with Crippen molar-refractivity contribution < 1.29 is 9.47 Å². The van der Waals surface area contributed by atoms with Gasteiger partial charge in [0.05, 0.1) is 18.3 Å². The van der Waals surface area contributed by atoms with Crippen molar-refractivity contribution >= 4 is 5.69 Å². The molecule has 0 aliphatic carbocycles. The molecule has 0 bridgehead atoms. The second kappa shape index (κ2) is 6.12. The van der Waals surface area contributed by atoms with Gasteiger partial charge in [0, 0.05) is 12.7 Å². The highest BCUT2D eigenvalue weighted by molar-refractivity contribution is 5.56. The van der Waals surface area contributed by atoms with Gasteiger partial charge in [0.15, 0.2) is 0 Å². The van der Waals surface area contributed by atoms with Gasteiger partial charge in [-0.15, -0.1) is 0 Å². The summed E-state index contributed by atoms with van der Waals surface area (Å²) < 4.78 is 13.5. The molecule has 2 heterocycles. The molecule has 5 heteroatoms. The third kappa shape index (κ3) is 2.78. The van der Waals surface area contributed by atoms with Crippen molar-refractivity contribution in [3.05, 3.63) is 41.6 Å². The van der Waals surface area contributed by atoms with Crippen LogP contribution < -0.4 is 10.5 Å². The van der Waals surface area contributed by atoms with Crippen LogP contribution in [0.15, 0.2) is 30.3 Å². The Bertz CT molecular complexity index is 709. The van der Waals surface area contributed by atoms with Gasteiger partial charge in [-0.3, -0.25) is 4.57 Å². The standard InChI is InChI=1S/C17H19N3O2/c1-12-5-2-3-7-16(12)22-17-15(19)9-13(10-18)20(17)11-14-6-4-8-21-14/h2-3,5,7,9,14H,4,6,8,11,19H2,1H3. The molecule has 1 aliphatic rings. The molecule has 1 atom stereocenters. The number of aromatic nitrogens is 1.